The molecule has 1 atom stereocenters. The molecule has 1 aliphatic rings. The van der Waals surface area contributed by atoms with Crippen LogP contribution in [0.15, 0.2) is 18.2 Å². The van der Waals surface area contributed by atoms with Crippen molar-refractivity contribution in [3.8, 4) is 0 Å². The van der Waals surface area contributed by atoms with Crippen molar-refractivity contribution in [2.75, 3.05) is 32.0 Å². The Morgan fingerprint density at radius 1 is 1.26 bits per heavy atom. The molecule has 6 heteroatoms. The Balaban J connectivity index is 0.00000264. The summed E-state index contributed by atoms with van der Waals surface area (Å²) in [5.74, 6) is -0.0973. The number of carbonyl (C=O) groups is 2. The lowest BCUT2D eigenvalue weighted by Crippen LogP contribution is -2.30. The third kappa shape index (κ3) is 4.69. The van der Waals surface area contributed by atoms with Gasteiger partial charge >= 0.3 is 0 Å². The van der Waals surface area contributed by atoms with Crippen LogP contribution in [0.1, 0.15) is 35.7 Å². The second-order valence-electron chi connectivity index (χ2n) is 5.93. The van der Waals surface area contributed by atoms with E-state index in [2.05, 4.69) is 10.6 Å². The highest BCUT2D eigenvalue weighted by Crippen LogP contribution is 2.22. The van der Waals surface area contributed by atoms with Crippen molar-refractivity contribution >= 4 is 29.9 Å². The second kappa shape index (κ2) is 8.89. The highest BCUT2D eigenvalue weighted by Gasteiger charge is 2.22. The van der Waals surface area contributed by atoms with E-state index in [4.69, 9.17) is 0 Å². The van der Waals surface area contributed by atoms with Crippen LogP contribution in [0.4, 0.5) is 5.69 Å². The standard InChI is InChI=1S/C17H25N3O2.ClH/c1-12(11-18-3)16(21)19-15-8-6-7-14(13(15)2)17(22)20-9-4-5-10-20;/h6-8,12,18H,4-5,9-11H2,1-3H3,(H,19,21);1H. The number of nitrogens with zero attached hydrogens (tertiary/aromatic N) is 1. The second-order valence-corrected chi connectivity index (χ2v) is 5.93. The Kier molecular flexibility index (Phi) is 7.52. The first kappa shape index (κ1) is 19.5. The largest absolute Gasteiger partial charge is 0.339 e. The van der Waals surface area contributed by atoms with E-state index >= 15 is 0 Å². The molecular weight excluding hydrogens is 314 g/mol. The summed E-state index contributed by atoms with van der Waals surface area (Å²) in [6.07, 6.45) is 2.14. The van der Waals surface area contributed by atoms with E-state index in [9.17, 15) is 9.59 Å². The molecule has 23 heavy (non-hydrogen) atoms. The third-order valence-corrected chi connectivity index (χ3v) is 4.17. The smallest absolute Gasteiger partial charge is 0.254 e. The number of nitrogens with one attached hydrogen (secondary N) is 2. The number of benzene rings is 1. The zero-order valence-corrected chi connectivity index (χ0v) is 14.8. The van der Waals surface area contributed by atoms with Crippen molar-refractivity contribution in [3.05, 3.63) is 29.3 Å². The van der Waals surface area contributed by atoms with E-state index in [0.717, 1.165) is 37.2 Å². The van der Waals surface area contributed by atoms with Gasteiger partial charge in [0.1, 0.15) is 0 Å². The SMILES string of the molecule is CNCC(C)C(=O)Nc1cccc(C(=O)N2CCCC2)c1C.Cl. The molecule has 0 radical (unpaired) electrons. The molecule has 0 bridgehead atoms. The Labute approximate surface area is 144 Å². The van der Waals surface area contributed by atoms with Gasteiger partial charge in [0.2, 0.25) is 5.91 Å². The molecule has 2 amide bonds. The van der Waals surface area contributed by atoms with Gasteiger partial charge in [0.25, 0.3) is 5.91 Å². The van der Waals surface area contributed by atoms with E-state index in [1.165, 1.54) is 0 Å². The fourth-order valence-corrected chi connectivity index (χ4v) is 2.75. The minimum Gasteiger partial charge on any atom is -0.339 e. The summed E-state index contributed by atoms with van der Waals surface area (Å²) in [5, 5.41) is 5.92. The molecule has 1 heterocycles. The van der Waals surface area contributed by atoms with Crippen molar-refractivity contribution in [1.82, 2.24) is 10.2 Å². The van der Waals surface area contributed by atoms with E-state index in [1.807, 2.05) is 44.0 Å². The van der Waals surface area contributed by atoms with Gasteiger partial charge in [-0.05, 0) is 44.5 Å². The summed E-state index contributed by atoms with van der Waals surface area (Å²) in [7, 11) is 1.82. The van der Waals surface area contributed by atoms with Gasteiger partial charge in [-0.15, -0.1) is 12.4 Å². The van der Waals surface area contributed by atoms with E-state index in [0.29, 0.717) is 12.1 Å². The summed E-state index contributed by atoms with van der Waals surface area (Å²) in [4.78, 5) is 26.6. The van der Waals surface area contributed by atoms with Gasteiger partial charge in [-0.25, -0.2) is 0 Å². The Bertz CT molecular complexity index is 557. The summed E-state index contributed by atoms with van der Waals surface area (Å²) in [6.45, 7) is 6.04. The quantitative estimate of drug-likeness (QED) is 0.866. The average molecular weight is 340 g/mol. The van der Waals surface area contributed by atoms with Gasteiger partial charge in [-0.3, -0.25) is 9.59 Å². The normalized spacial score (nSPS) is 15.0. The molecule has 128 valence electrons. The van der Waals surface area contributed by atoms with Gasteiger partial charge in [-0.1, -0.05) is 13.0 Å². The molecule has 0 aliphatic carbocycles. The Morgan fingerprint density at radius 2 is 1.91 bits per heavy atom. The van der Waals surface area contributed by atoms with E-state index < -0.39 is 0 Å². The predicted molar refractivity (Wildman–Crippen MR) is 95.3 cm³/mol. The van der Waals surface area contributed by atoms with Crippen molar-refractivity contribution in [1.29, 1.82) is 0 Å². The lowest BCUT2D eigenvalue weighted by Gasteiger charge is -2.19. The van der Waals surface area contributed by atoms with Crippen LogP contribution >= 0.6 is 12.4 Å². The number of halogens is 1. The van der Waals surface area contributed by atoms with Crippen LogP contribution in [0.3, 0.4) is 0 Å². The Hall–Kier alpha value is -1.59. The van der Waals surface area contributed by atoms with Gasteiger partial charge in [0, 0.05) is 36.8 Å². The summed E-state index contributed by atoms with van der Waals surface area (Å²) in [5.41, 5.74) is 2.24. The lowest BCUT2D eigenvalue weighted by molar-refractivity contribution is -0.119. The molecule has 2 N–H and O–H groups in total. The number of hydrogen-bond donors (Lipinski definition) is 2. The average Bonchev–Trinajstić information content (AvgIpc) is 3.03. The molecule has 0 saturated carbocycles. The first-order chi connectivity index (χ1) is 10.5. The van der Waals surface area contributed by atoms with Crippen molar-refractivity contribution in [3.63, 3.8) is 0 Å². The lowest BCUT2D eigenvalue weighted by atomic mass is 10.0. The monoisotopic (exact) mass is 339 g/mol. The minimum absolute atomic E-state index is 0. The maximum Gasteiger partial charge on any atom is 0.254 e. The molecule has 1 aromatic rings. The van der Waals surface area contributed by atoms with Crippen molar-refractivity contribution in [2.45, 2.75) is 26.7 Å². The number of anilines is 1. The molecule has 1 fully saturated rings. The first-order valence-corrected chi connectivity index (χ1v) is 7.89. The number of amides is 2. The van der Waals surface area contributed by atoms with Crippen LogP contribution < -0.4 is 10.6 Å². The maximum absolute atomic E-state index is 12.5. The molecule has 1 aromatic carbocycles. The molecular formula is C17H26ClN3O2. The van der Waals surface area contributed by atoms with Crippen LogP contribution in [0.2, 0.25) is 0 Å². The summed E-state index contributed by atoms with van der Waals surface area (Å²) < 4.78 is 0. The van der Waals surface area contributed by atoms with Crippen LogP contribution in [0, 0.1) is 12.8 Å². The van der Waals surface area contributed by atoms with E-state index in [1.54, 1.807) is 0 Å². The molecule has 5 nitrogen and oxygen atoms in total. The topological polar surface area (TPSA) is 61.4 Å². The number of rotatable bonds is 5. The van der Waals surface area contributed by atoms with Gasteiger partial charge in [0.15, 0.2) is 0 Å². The third-order valence-electron chi connectivity index (χ3n) is 4.17. The zero-order chi connectivity index (χ0) is 16.1. The summed E-state index contributed by atoms with van der Waals surface area (Å²) in [6, 6.07) is 5.51. The van der Waals surface area contributed by atoms with Crippen LogP contribution in [0.25, 0.3) is 0 Å². The summed E-state index contributed by atoms with van der Waals surface area (Å²) >= 11 is 0. The zero-order valence-electron chi connectivity index (χ0n) is 14.0. The fourth-order valence-electron chi connectivity index (χ4n) is 2.75. The van der Waals surface area contributed by atoms with Crippen LogP contribution in [0.5, 0.6) is 0 Å². The number of likely N-dealkylation sites (tertiary alicyclic amines) is 1. The van der Waals surface area contributed by atoms with Crippen molar-refractivity contribution in [2.24, 2.45) is 5.92 Å². The van der Waals surface area contributed by atoms with Gasteiger partial charge in [-0.2, -0.15) is 0 Å². The van der Waals surface area contributed by atoms with Crippen LogP contribution in [-0.4, -0.2) is 43.4 Å². The van der Waals surface area contributed by atoms with Gasteiger partial charge < -0.3 is 15.5 Å². The molecule has 1 aliphatic heterocycles. The highest BCUT2D eigenvalue weighted by atomic mass is 35.5. The fraction of sp³-hybridized carbons (Fsp3) is 0.529. The number of hydrogen-bond acceptors (Lipinski definition) is 3. The molecule has 0 spiro atoms. The van der Waals surface area contributed by atoms with Crippen LogP contribution in [-0.2, 0) is 4.79 Å². The maximum atomic E-state index is 12.5. The van der Waals surface area contributed by atoms with Gasteiger partial charge in [0.05, 0.1) is 0 Å². The molecule has 1 saturated heterocycles. The Morgan fingerprint density at radius 3 is 2.52 bits per heavy atom. The highest BCUT2D eigenvalue weighted by molar-refractivity contribution is 5.99. The minimum atomic E-state index is -0.123. The predicted octanol–water partition coefficient (Wildman–Crippen LogP) is 2.45. The molecule has 1 unspecified atom stereocenters. The van der Waals surface area contributed by atoms with E-state index in [-0.39, 0.29) is 30.1 Å². The van der Waals surface area contributed by atoms with Crippen molar-refractivity contribution < 1.29 is 9.59 Å². The molecule has 2 rings (SSSR count). The number of carbonyl (C=O) groups excluding carboxylic acids is 2. The first-order valence-electron chi connectivity index (χ1n) is 7.89. The molecule has 0 aromatic heterocycles.